The summed E-state index contributed by atoms with van der Waals surface area (Å²) >= 11 is 0. The molecule has 1 aliphatic rings. The minimum Gasteiger partial charge on any atom is -0.384 e. The summed E-state index contributed by atoms with van der Waals surface area (Å²) in [6.07, 6.45) is 1.88. The zero-order valence-electron chi connectivity index (χ0n) is 13.9. The number of ether oxygens (including phenoxy) is 1. The van der Waals surface area contributed by atoms with E-state index in [1.165, 1.54) is 4.31 Å². The fraction of sp³-hybridized carbons (Fsp3) is 0.562. The molecular weight excluding hydrogens is 330 g/mol. The molecule has 2 rings (SSSR count). The Balaban J connectivity index is 1.77. The summed E-state index contributed by atoms with van der Waals surface area (Å²) in [7, 11) is -1.93. The van der Waals surface area contributed by atoms with Crippen LogP contribution in [0, 0.1) is 5.92 Å². The van der Waals surface area contributed by atoms with Gasteiger partial charge in [0, 0.05) is 38.9 Å². The quantitative estimate of drug-likeness (QED) is 0.734. The molecule has 1 aliphatic heterocycles. The third-order valence-electron chi connectivity index (χ3n) is 3.92. The molecule has 1 amide bonds. The molecule has 134 valence electrons. The van der Waals surface area contributed by atoms with Crippen LogP contribution in [0.3, 0.4) is 0 Å². The van der Waals surface area contributed by atoms with E-state index in [1.54, 1.807) is 19.2 Å². The van der Waals surface area contributed by atoms with Crippen molar-refractivity contribution in [2.45, 2.75) is 19.3 Å². The summed E-state index contributed by atoms with van der Waals surface area (Å²) in [5.74, 6) is 0.00140. The molecule has 0 radical (unpaired) electrons. The first-order valence-corrected chi connectivity index (χ1v) is 9.54. The topological polar surface area (TPSA) is 87.7 Å². The van der Waals surface area contributed by atoms with E-state index in [0.717, 1.165) is 12.8 Å². The molecule has 0 aromatic heterocycles. The number of methoxy groups -OCH3 is 1. The number of hydrogen-bond acceptors (Lipinski definition) is 4. The van der Waals surface area contributed by atoms with Crippen molar-refractivity contribution in [1.82, 2.24) is 9.03 Å². The van der Waals surface area contributed by atoms with Gasteiger partial charge in [0.25, 0.3) is 10.2 Å². The van der Waals surface area contributed by atoms with Crippen molar-refractivity contribution in [1.29, 1.82) is 0 Å². The third-order valence-corrected chi connectivity index (χ3v) is 5.50. The molecule has 0 spiro atoms. The van der Waals surface area contributed by atoms with Crippen LogP contribution in [0.15, 0.2) is 30.3 Å². The van der Waals surface area contributed by atoms with Gasteiger partial charge in [-0.25, -0.2) is 4.72 Å². The van der Waals surface area contributed by atoms with Crippen LogP contribution in [0.2, 0.25) is 0 Å². The number of nitrogens with one attached hydrogen (secondary N) is 2. The van der Waals surface area contributed by atoms with Crippen molar-refractivity contribution in [3.63, 3.8) is 0 Å². The van der Waals surface area contributed by atoms with Crippen LogP contribution in [0.4, 0.5) is 5.69 Å². The predicted molar refractivity (Wildman–Crippen MR) is 92.8 cm³/mol. The Bertz CT molecular complexity index is 619. The molecule has 1 aromatic rings. The number of carbonyl (C=O) groups is 1. The van der Waals surface area contributed by atoms with Crippen molar-refractivity contribution >= 4 is 21.8 Å². The average Bonchev–Trinajstić information content (AvgIpc) is 2.56. The predicted octanol–water partition coefficient (Wildman–Crippen LogP) is 1.21. The van der Waals surface area contributed by atoms with Gasteiger partial charge in [-0.05, 0) is 30.9 Å². The molecular formula is C16H25N3O4S. The number of carbonyl (C=O) groups excluding carboxylic acids is 1. The van der Waals surface area contributed by atoms with Crippen molar-refractivity contribution in [3.8, 4) is 0 Å². The lowest BCUT2D eigenvalue weighted by molar-refractivity contribution is -0.116. The van der Waals surface area contributed by atoms with Gasteiger partial charge in [0.05, 0.1) is 6.61 Å². The second-order valence-electron chi connectivity index (χ2n) is 5.89. The van der Waals surface area contributed by atoms with E-state index < -0.39 is 10.2 Å². The molecule has 1 atom stereocenters. The van der Waals surface area contributed by atoms with Crippen LogP contribution in [-0.2, 0) is 19.7 Å². The van der Waals surface area contributed by atoms with Gasteiger partial charge in [-0.3, -0.25) is 4.79 Å². The molecule has 24 heavy (non-hydrogen) atoms. The van der Waals surface area contributed by atoms with Gasteiger partial charge in [-0.2, -0.15) is 12.7 Å². The Hall–Kier alpha value is -1.48. The van der Waals surface area contributed by atoms with Crippen molar-refractivity contribution in [2.75, 3.05) is 38.7 Å². The van der Waals surface area contributed by atoms with Crippen molar-refractivity contribution in [3.05, 3.63) is 30.3 Å². The molecule has 8 heteroatoms. The fourth-order valence-electron chi connectivity index (χ4n) is 2.75. The number of piperidine rings is 1. The largest absolute Gasteiger partial charge is 0.384 e. The molecule has 1 heterocycles. The Morgan fingerprint density at radius 1 is 1.33 bits per heavy atom. The maximum atomic E-state index is 12.3. The zero-order valence-corrected chi connectivity index (χ0v) is 14.7. The second kappa shape index (κ2) is 9.12. The van der Waals surface area contributed by atoms with Crippen LogP contribution < -0.4 is 10.0 Å². The first kappa shape index (κ1) is 18.9. The van der Waals surface area contributed by atoms with E-state index in [-0.39, 0.29) is 24.8 Å². The normalized spacial score (nSPS) is 19.1. The number of anilines is 1. The lowest BCUT2D eigenvalue weighted by Gasteiger charge is -2.31. The molecule has 1 saturated heterocycles. The SMILES string of the molecule is COCC1CCCN(S(=O)(=O)NCCC(=O)Nc2ccccc2)C1. The molecule has 2 N–H and O–H groups in total. The Kier molecular flexibility index (Phi) is 7.16. The van der Waals surface area contributed by atoms with Crippen molar-refractivity contribution < 1.29 is 17.9 Å². The molecule has 0 saturated carbocycles. The van der Waals surface area contributed by atoms with Gasteiger partial charge in [0.15, 0.2) is 0 Å². The summed E-state index contributed by atoms with van der Waals surface area (Å²) in [6, 6.07) is 9.08. The standard InChI is InChI=1S/C16H25N3O4S/c1-23-13-14-6-5-11-19(12-14)24(21,22)17-10-9-16(20)18-15-7-3-2-4-8-15/h2-4,7-8,14,17H,5-6,9-13H2,1H3,(H,18,20). The van der Waals surface area contributed by atoms with E-state index in [9.17, 15) is 13.2 Å². The molecule has 0 bridgehead atoms. The number of nitrogens with zero attached hydrogens (tertiary/aromatic N) is 1. The Labute approximate surface area is 143 Å². The summed E-state index contributed by atoms with van der Waals surface area (Å²) in [5.41, 5.74) is 0.698. The van der Waals surface area contributed by atoms with E-state index in [0.29, 0.717) is 25.4 Å². The van der Waals surface area contributed by atoms with Crippen LogP contribution in [0.1, 0.15) is 19.3 Å². The minimum atomic E-state index is -3.56. The number of amides is 1. The minimum absolute atomic E-state index is 0.0758. The first-order chi connectivity index (χ1) is 11.5. The van der Waals surface area contributed by atoms with Crippen molar-refractivity contribution in [2.24, 2.45) is 5.92 Å². The van der Waals surface area contributed by atoms with Gasteiger partial charge in [0.1, 0.15) is 0 Å². The smallest absolute Gasteiger partial charge is 0.279 e. The number of para-hydroxylation sites is 1. The highest BCUT2D eigenvalue weighted by Gasteiger charge is 2.28. The summed E-state index contributed by atoms with van der Waals surface area (Å²) in [5, 5.41) is 2.73. The van der Waals surface area contributed by atoms with E-state index in [1.807, 2.05) is 18.2 Å². The lowest BCUT2D eigenvalue weighted by atomic mass is 10.0. The van der Waals surface area contributed by atoms with Gasteiger partial charge < -0.3 is 10.1 Å². The highest BCUT2D eigenvalue weighted by molar-refractivity contribution is 7.87. The number of hydrogen-bond donors (Lipinski definition) is 2. The van der Waals surface area contributed by atoms with E-state index in [4.69, 9.17) is 4.74 Å². The van der Waals surface area contributed by atoms with Crippen LogP contribution >= 0.6 is 0 Å². The maximum absolute atomic E-state index is 12.3. The van der Waals surface area contributed by atoms with E-state index in [2.05, 4.69) is 10.0 Å². The number of rotatable bonds is 8. The highest BCUT2D eigenvalue weighted by atomic mass is 32.2. The zero-order chi connectivity index (χ0) is 17.4. The van der Waals surface area contributed by atoms with E-state index >= 15 is 0 Å². The maximum Gasteiger partial charge on any atom is 0.279 e. The third kappa shape index (κ3) is 5.86. The first-order valence-electron chi connectivity index (χ1n) is 8.10. The average molecular weight is 355 g/mol. The van der Waals surface area contributed by atoms with Crippen LogP contribution in [-0.4, -0.2) is 52.0 Å². The number of benzene rings is 1. The molecule has 0 aliphatic carbocycles. The van der Waals surface area contributed by atoms with Gasteiger partial charge >= 0.3 is 0 Å². The molecule has 7 nitrogen and oxygen atoms in total. The van der Waals surface area contributed by atoms with Gasteiger partial charge in [0.2, 0.25) is 5.91 Å². The van der Waals surface area contributed by atoms with Gasteiger partial charge in [-0.15, -0.1) is 0 Å². The molecule has 1 unspecified atom stereocenters. The summed E-state index contributed by atoms with van der Waals surface area (Å²) in [4.78, 5) is 11.8. The lowest BCUT2D eigenvalue weighted by Crippen LogP contribution is -2.47. The highest BCUT2D eigenvalue weighted by Crippen LogP contribution is 2.18. The van der Waals surface area contributed by atoms with Crippen LogP contribution in [0.25, 0.3) is 0 Å². The van der Waals surface area contributed by atoms with Gasteiger partial charge in [-0.1, -0.05) is 18.2 Å². The fourth-order valence-corrected chi connectivity index (χ4v) is 4.07. The summed E-state index contributed by atoms with van der Waals surface area (Å²) in [6.45, 7) is 1.60. The second-order valence-corrected chi connectivity index (χ2v) is 7.64. The van der Waals surface area contributed by atoms with Crippen LogP contribution in [0.5, 0.6) is 0 Å². The Morgan fingerprint density at radius 3 is 2.79 bits per heavy atom. The molecule has 1 fully saturated rings. The Morgan fingerprint density at radius 2 is 2.08 bits per heavy atom. The summed E-state index contributed by atoms with van der Waals surface area (Å²) < 4.78 is 33.7. The monoisotopic (exact) mass is 355 g/mol. The molecule has 1 aromatic carbocycles.